The smallest absolute Gasteiger partial charge is 0.196 e. The molecule has 2 N–H and O–H groups in total. The molecule has 0 aliphatic heterocycles. The zero-order valence-electron chi connectivity index (χ0n) is 8.77. The molecule has 0 fully saturated rings. The summed E-state index contributed by atoms with van der Waals surface area (Å²) in [7, 11) is 1.56. The number of ketones is 1. The van der Waals surface area contributed by atoms with Crippen molar-refractivity contribution < 1.29 is 9.53 Å². The van der Waals surface area contributed by atoms with Gasteiger partial charge < -0.3 is 10.5 Å². The minimum atomic E-state index is -0.0716. The van der Waals surface area contributed by atoms with Crippen molar-refractivity contribution in [2.45, 2.75) is 0 Å². The molecule has 0 spiro atoms. The maximum Gasteiger partial charge on any atom is 0.196 e. The molecule has 0 aliphatic rings. The summed E-state index contributed by atoms with van der Waals surface area (Å²) in [5, 5.41) is 3.67. The summed E-state index contributed by atoms with van der Waals surface area (Å²) in [6, 6.07) is 6.86. The molecule has 2 rings (SSSR count). The van der Waals surface area contributed by atoms with Crippen LogP contribution in [0, 0.1) is 0 Å². The number of methoxy groups -OCH3 is 1. The van der Waals surface area contributed by atoms with E-state index >= 15 is 0 Å². The van der Waals surface area contributed by atoms with Gasteiger partial charge in [0.05, 0.1) is 7.11 Å². The van der Waals surface area contributed by atoms with E-state index in [2.05, 4.69) is 0 Å². The molecule has 2 aromatic rings. The van der Waals surface area contributed by atoms with Gasteiger partial charge in [0.2, 0.25) is 0 Å². The van der Waals surface area contributed by atoms with E-state index in [1.807, 2.05) is 5.38 Å². The molecule has 16 heavy (non-hydrogen) atoms. The van der Waals surface area contributed by atoms with Crippen molar-refractivity contribution in [1.29, 1.82) is 0 Å². The van der Waals surface area contributed by atoms with E-state index < -0.39 is 0 Å². The molecule has 0 unspecified atom stereocenters. The largest absolute Gasteiger partial charge is 0.497 e. The highest BCUT2D eigenvalue weighted by atomic mass is 32.1. The van der Waals surface area contributed by atoms with Gasteiger partial charge in [0.15, 0.2) is 5.78 Å². The third-order valence-electron chi connectivity index (χ3n) is 2.29. The lowest BCUT2D eigenvalue weighted by atomic mass is 10.0. The van der Waals surface area contributed by atoms with Crippen LogP contribution in [0.15, 0.2) is 35.0 Å². The highest BCUT2D eigenvalue weighted by Crippen LogP contribution is 2.23. The Morgan fingerprint density at radius 3 is 2.81 bits per heavy atom. The highest BCUT2D eigenvalue weighted by Gasteiger charge is 2.13. The van der Waals surface area contributed by atoms with E-state index in [-0.39, 0.29) is 5.78 Å². The minimum absolute atomic E-state index is 0.0716. The molecule has 0 aliphatic carbocycles. The third-order valence-corrected chi connectivity index (χ3v) is 2.97. The quantitative estimate of drug-likeness (QED) is 0.654. The van der Waals surface area contributed by atoms with Crippen molar-refractivity contribution in [2.24, 2.45) is 0 Å². The van der Waals surface area contributed by atoms with E-state index in [9.17, 15) is 4.79 Å². The molecule has 0 amide bonds. The normalized spacial score (nSPS) is 10.1. The maximum absolute atomic E-state index is 12.1. The Balaban J connectivity index is 2.43. The van der Waals surface area contributed by atoms with E-state index in [1.54, 1.807) is 36.8 Å². The molecule has 0 radical (unpaired) electrons. The zero-order valence-corrected chi connectivity index (χ0v) is 9.58. The van der Waals surface area contributed by atoms with E-state index in [1.165, 1.54) is 11.3 Å². The number of nitrogens with two attached hydrogens (primary N) is 1. The summed E-state index contributed by atoms with van der Waals surface area (Å²) in [6.07, 6.45) is 0. The Hall–Kier alpha value is -1.81. The first kappa shape index (κ1) is 10.7. The number of ether oxygens (including phenoxy) is 1. The summed E-state index contributed by atoms with van der Waals surface area (Å²) in [4.78, 5) is 12.1. The Labute approximate surface area is 97.5 Å². The van der Waals surface area contributed by atoms with Gasteiger partial charge in [-0.3, -0.25) is 4.79 Å². The Kier molecular flexibility index (Phi) is 2.92. The predicted octanol–water partition coefficient (Wildman–Crippen LogP) is 2.57. The molecule has 82 valence electrons. The van der Waals surface area contributed by atoms with E-state index in [0.29, 0.717) is 22.6 Å². The number of carbonyl (C=O) groups excluding carboxylic acids is 1. The number of rotatable bonds is 3. The first-order valence-electron chi connectivity index (χ1n) is 4.73. The second kappa shape index (κ2) is 4.37. The summed E-state index contributed by atoms with van der Waals surface area (Å²) >= 11 is 1.49. The first-order chi connectivity index (χ1) is 7.72. The SMILES string of the molecule is COc1ccc(N)c(C(=O)c2ccsc2)c1. The van der Waals surface area contributed by atoms with Crippen LogP contribution in [0.2, 0.25) is 0 Å². The zero-order chi connectivity index (χ0) is 11.5. The van der Waals surface area contributed by atoms with Crippen molar-refractivity contribution in [3.8, 4) is 5.75 Å². The van der Waals surface area contributed by atoms with Crippen LogP contribution in [0.25, 0.3) is 0 Å². The Morgan fingerprint density at radius 2 is 2.19 bits per heavy atom. The van der Waals surface area contributed by atoms with Gasteiger partial charge in [-0.25, -0.2) is 0 Å². The molecule has 3 nitrogen and oxygen atoms in total. The lowest BCUT2D eigenvalue weighted by Crippen LogP contribution is -2.04. The lowest BCUT2D eigenvalue weighted by molar-refractivity contribution is 0.103. The first-order valence-corrected chi connectivity index (χ1v) is 5.67. The number of benzene rings is 1. The number of hydrogen-bond acceptors (Lipinski definition) is 4. The standard InChI is InChI=1S/C12H11NO2S/c1-15-9-2-3-11(13)10(6-9)12(14)8-4-5-16-7-8/h2-7H,13H2,1H3. The lowest BCUT2D eigenvalue weighted by Gasteiger charge is -2.06. The van der Waals surface area contributed by atoms with Crippen LogP contribution in [-0.2, 0) is 0 Å². The van der Waals surface area contributed by atoms with Crippen molar-refractivity contribution in [1.82, 2.24) is 0 Å². The number of nitrogen functional groups attached to an aromatic ring is 1. The van der Waals surface area contributed by atoms with Crippen LogP contribution < -0.4 is 10.5 Å². The van der Waals surface area contributed by atoms with Gasteiger partial charge >= 0.3 is 0 Å². The van der Waals surface area contributed by atoms with Crippen molar-refractivity contribution in [3.05, 3.63) is 46.2 Å². The number of carbonyl (C=O) groups is 1. The second-order valence-corrected chi connectivity index (χ2v) is 4.07. The summed E-state index contributed by atoms with van der Waals surface area (Å²) in [5.41, 5.74) is 7.39. The Morgan fingerprint density at radius 1 is 1.38 bits per heavy atom. The fraction of sp³-hybridized carbons (Fsp3) is 0.0833. The van der Waals surface area contributed by atoms with Crippen LogP contribution in [-0.4, -0.2) is 12.9 Å². The third kappa shape index (κ3) is 1.92. The van der Waals surface area contributed by atoms with Gasteiger partial charge in [-0.05, 0) is 29.6 Å². The van der Waals surface area contributed by atoms with Crippen LogP contribution in [0.3, 0.4) is 0 Å². The summed E-state index contributed by atoms with van der Waals surface area (Å²) in [6.45, 7) is 0. The van der Waals surface area contributed by atoms with E-state index in [0.717, 1.165) is 0 Å². The average molecular weight is 233 g/mol. The maximum atomic E-state index is 12.1. The molecule has 0 bridgehead atoms. The number of thiophene rings is 1. The molecule has 1 aromatic carbocycles. The number of hydrogen-bond donors (Lipinski definition) is 1. The fourth-order valence-corrected chi connectivity index (χ4v) is 2.04. The number of anilines is 1. The van der Waals surface area contributed by atoms with Gasteiger partial charge in [-0.1, -0.05) is 0 Å². The van der Waals surface area contributed by atoms with Crippen molar-refractivity contribution in [3.63, 3.8) is 0 Å². The molecule has 1 heterocycles. The van der Waals surface area contributed by atoms with Gasteiger partial charge in [0.1, 0.15) is 5.75 Å². The molecular formula is C12H11NO2S. The molecule has 4 heteroatoms. The predicted molar refractivity (Wildman–Crippen MR) is 65.2 cm³/mol. The monoisotopic (exact) mass is 233 g/mol. The van der Waals surface area contributed by atoms with Crippen LogP contribution in [0.5, 0.6) is 5.75 Å². The van der Waals surface area contributed by atoms with Gasteiger partial charge in [0, 0.05) is 22.2 Å². The van der Waals surface area contributed by atoms with Gasteiger partial charge in [-0.15, -0.1) is 0 Å². The molecule has 0 atom stereocenters. The highest BCUT2D eigenvalue weighted by molar-refractivity contribution is 7.08. The van der Waals surface area contributed by atoms with Crippen LogP contribution in [0.4, 0.5) is 5.69 Å². The fourth-order valence-electron chi connectivity index (χ4n) is 1.41. The minimum Gasteiger partial charge on any atom is -0.497 e. The molecule has 1 aromatic heterocycles. The van der Waals surface area contributed by atoms with Crippen molar-refractivity contribution in [2.75, 3.05) is 12.8 Å². The van der Waals surface area contributed by atoms with Crippen LogP contribution in [0.1, 0.15) is 15.9 Å². The summed E-state index contributed by atoms with van der Waals surface area (Å²) < 4.78 is 5.07. The average Bonchev–Trinajstić information content (AvgIpc) is 2.82. The van der Waals surface area contributed by atoms with Gasteiger partial charge in [0.25, 0.3) is 0 Å². The van der Waals surface area contributed by atoms with Crippen molar-refractivity contribution >= 4 is 22.8 Å². The topological polar surface area (TPSA) is 52.3 Å². The second-order valence-electron chi connectivity index (χ2n) is 3.29. The molecule has 0 saturated carbocycles. The summed E-state index contributed by atoms with van der Waals surface area (Å²) in [5.74, 6) is 0.561. The molecular weight excluding hydrogens is 222 g/mol. The van der Waals surface area contributed by atoms with Gasteiger partial charge in [-0.2, -0.15) is 11.3 Å². The van der Waals surface area contributed by atoms with Crippen LogP contribution >= 0.6 is 11.3 Å². The Bertz CT molecular complexity index is 506. The van der Waals surface area contributed by atoms with E-state index in [4.69, 9.17) is 10.5 Å². The molecule has 0 saturated heterocycles.